The van der Waals surface area contributed by atoms with Crippen LogP contribution in [0, 0.1) is 0 Å². The van der Waals surface area contributed by atoms with Crippen LogP contribution < -0.4 is 0 Å². The van der Waals surface area contributed by atoms with Gasteiger partial charge in [-0.3, -0.25) is 4.98 Å². The topological polar surface area (TPSA) is 90.2 Å². The molecule has 0 N–H and O–H groups in total. The normalized spacial score (nSPS) is 14.5. The predicted octanol–water partition coefficient (Wildman–Crippen LogP) is 12.1. The first kappa shape index (κ1) is 35.6. The van der Waals surface area contributed by atoms with Gasteiger partial charge in [0.2, 0.25) is 0 Å². The van der Waals surface area contributed by atoms with Crippen LogP contribution in [0.1, 0.15) is 45.2 Å². The molecule has 2 unspecified atom stereocenters. The van der Waals surface area contributed by atoms with Gasteiger partial charge in [-0.25, -0.2) is 29.9 Å². The highest BCUT2D eigenvalue weighted by atomic mass is 15.0. The van der Waals surface area contributed by atoms with Gasteiger partial charge in [-0.05, 0) is 63.7 Å². The molecule has 0 radical (unpaired) electrons. The summed E-state index contributed by atoms with van der Waals surface area (Å²) < 4.78 is 0. The highest BCUT2D eigenvalue weighted by molar-refractivity contribution is 5.76. The second-order valence-corrected chi connectivity index (χ2v) is 15.7. The molecule has 13 rings (SSSR count). The molecular formula is C55H35N7. The van der Waals surface area contributed by atoms with Crippen LogP contribution >= 0.6 is 0 Å². The minimum Gasteiger partial charge on any atom is -0.256 e. The van der Waals surface area contributed by atoms with Gasteiger partial charge in [0.25, 0.3) is 0 Å². The molecule has 7 heteroatoms. The molecule has 2 atom stereocenters. The van der Waals surface area contributed by atoms with Gasteiger partial charge in [-0.1, -0.05) is 164 Å². The highest BCUT2D eigenvalue weighted by Gasteiger charge is 2.41. The van der Waals surface area contributed by atoms with Crippen LogP contribution in [0.2, 0.25) is 0 Å². The molecule has 3 heterocycles. The molecule has 7 nitrogen and oxygen atoms in total. The van der Waals surface area contributed by atoms with Crippen LogP contribution in [0.25, 0.3) is 79.6 Å². The fraction of sp³-hybridized carbons (Fsp3) is 0.0364. The summed E-state index contributed by atoms with van der Waals surface area (Å²) in [5.41, 5.74) is 15.3. The molecule has 2 bridgehead atoms. The zero-order chi connectivity index (χ0) is 41.0. The minimum atomic E-state index is 0.0262. The average molecular weight is 794 g/mol. The summed E-state index contributed by atoms with van der Waals surface area (Å²) in [6.45, 7) is 0. The van der Waals surface area contributed by atoms with Crippen molar-refractivity contribution in [2.45, 2.75) is 11.8 Å². The van der Waals surface area contributed by atoms with E-state index in [0.29, 0.717) is 34.9 Å². The zero-order valence-electron chi connectivity index (χ0n) is 33.3. The number of nitrogens with zero attached hydrogens (tertiary/aromatic N) is 7. The molecule has 3 aliphatic rings. The lowest BCUT2D eigenvalue weighted by molar-refractivity contribution is 0.754. The van der Waals surface area contributed by atoms with Gasteiger partial charge in [0.15, 0.2) is 34.9 Å². The molecule has 0 saturated heterocycles. The lowest BCUT2D eigenvalue weighted by Crippen LogP contribution is -2.27. The Labute approximate surface area is 358 Å². The maximum atomic E-state index is 5.18. The molecule has 3 aromatic heterocycles. The summed E-state index contributed by atoms with van der Waals surface area (Å²) in [5, 5.41) is 0. The van der Waals surface area contributed by atoms with E-state index in [4.69, 9.17) is 29.9 Å². The van der Waals surface area contributed by atoms with E-state index in [0.717, 1.165) is 44.6 Å². The van der Waals surface area contributed by atoms with Crippen LogP contribution in [-0.4, -0.2) is 34.9 Å². The van der Waals surface area contributed by atoms with E-state index in [1.165, 1.54) is 33.4 Å². The lowest BCUT2D eigenvalue weighted by atomic mass is 9.61. The van der Waals surface area contributed by atoms with Crippen molar-refractivity contribution in [2.75, 3.05) is 0 Å². The van der Waals surface area contributed by atoms with Crippen LogP contribution in [0.4, 0.5) is 0 Å². The predicted molar refractivity (Wildman–Crippen MR) is 244 cm³/mol. The van der Waals surface area contributed by atoms with Crippen LogP contribution in [-0.2, 0) is 0 Å². The Morgan fingerprint density at radius 1 is 0.242 bits per heavy atom. The van der Waals surface area contributed by atoms with Gasteiger partial charge in [0, 0.05) is 57.0 Å². The molecule has 290 valence electrons. The van der Waals surface area contributed by atoms with Crippen molar-refractivity contribution in [3.63, 3.8) is 0 Å². The first-order chi connectivity index (χ1) is 30.7. The first-order valence-electron chi connectivity index (χ1n) is 20.8. The maximum Gasteiger partial charge on any atom is 0.164 e. The monoisotopic (exact) mass is 793 g/mol. The standard InChI is InChI=1S/C55H35N7/c1-4-15-34(16-5-1)50-57-51(35-17-6-2-7-18-35)60-54(59-50)39-26-28-43-45(32-39)48-41-23-10-11-24-42(41)49(43)46-33-40(27-29-44(46)48)55-61-52(36-19-8-3-9-20-36)58-53(62-55)38-22-14-21-37(31-38)47-25-12-13-30-56-47/h1-33,48-49H. The Morgan fingerprint density at radius 2 is 0.597 bits per heavy atom. The Balaban J connectivity index is 0.980. The molecule has 0 spiro atoms. The summed E-state index contributed by atoms with van der Waals surface area (Å²) in [5.74, 6) is 3.86. The second kappa shape index (κ2) is 14.8. The van der Waals surface area contributed by atoms with E-state index in [9.17, 15) is 0 Å². The van der Waals surface area contributed by atoms with Gasteiger partial charge >= 0.3 is 0 Å². The molecule has 0 amide bonds. The van der Waals surface area contributed by atoms with E-state index in [2.05, 4.69) is 83.8 Å². The van der Waals surface area contributed by atoms with E-state index in [1.54, 1.807) is 0 Å². The summed E-state index contributed by atoms with van der Waals surface area (Å²) in [4.78, 5) is 35.0. The molecular weight excluding hydrogens is 759 g/mol. The van der Waals surface area contributed by atoms with E-state index >= 15 is 0 Å². The quantitative estimate of drug-likeness (QED) is 0.159. The number of hydrogen-bond donors (Lipinski definition) is 0. The van der Waals surface area contributed by atoms with Gasteiger partial charge in [0.05, 0.1) is 5.69 Å². The maximum absolute atomic E-state index is 5.18. The third-order valence-corrected chi connectivity index (χ3v) is 12.0. The van der Waals surface area contributed by atoms with Gasteiger partial charge < -0.3 is 0 Å². The number of hydrogen-bond acceptors (Lipinski definition) is 7. The average Bonchev–Trinajstić information content (AvgIpc) is 3.36. The van der Waals surface area contributed by atoms with Crippen molar-refractivity contribution >= 4 is 0 Å². The fourth-order valence-corrected chi connectivity index (χ4v) is 9.13. The Morgan fingerprint density at radius 3 is 1.03 bits per heavy atom. The van der Waals surface area contributed by atoms with Gasteiger partial charge in [0.1, 0.15) is 0 Å². The highest BCUT2D eigenvalue weighted by Crippen LogP contribution is 2.56. The van der Waals surface area contributed by atoms with Gasteiger partial charge in [-0.2, -0.15) is 0 Å². The SMILES string of the molecule is c1ccc(-c2nc(-c3ccccc3)nc(-c3ccc4c(c3)C3c5ccccc5C4c4cc(-c5nc(-c6ccccc6)nc(-c6cccc(-c7ccccn7)c6)n5)ccc43)n2)cc1. The fourth-order valence-electron chi connectivity index (χ4n) is 9.13. The van der Waals surface area contributed by atoms with Crippen molar-refractivity contribution in [3.8, 4) is 79.6 Å². The molecule has 62 heavy (non-hydrogen) atoms. The summed E-state index contributed by atoms with van der Waals surface area (Å²) in [7, 11) is 0. The summed E-state index contributed by atoms with van der Waals surface area (Å²) >= 11 is 0. The van der Waals surface area contributed by atoms with Gasteiger partial charge in [-0.15, -0.1) is 0 Å². The van der Waals surface area contributed by atoms with E-state index < -0.39 is 0 Å². The number of rotatable bonds is 7. The molecule has 3 aliphatic carbocycles. The summed E-state index contributed by atoms with van der Waals surface area (Å²) in [6, 6.07) is 67.0. The Hall–Kier alpha value is -8.29. The second-order valence-electron chi connectivity index (χ2n) is 15.7. The van der Waals surface area contributed by atoms with Crippen LogP contribution in [0.3, 0.4) is 0 Å². The van der Waals surface area contributed by atoms with Crippen molar-refractivity contribution < 1.29 is 0 Å². The van der Waals surface area contributed by atoms with Crippen molar-refractivity contribution in [1.82, 2.24) is 34.9 Å². The van der Waals surface area contributed by atoms with Crippen molar-refractivity contribution in [1.29, 1.82) is 0 Å². The summed E-state index contributed by atoms with van der Waals surface area (Å²) in [6.07, 6.45) is 1.81. The molecule has 10 aromatic rings. The number of aromatic nitrogens is 7. The van der Waals surface area contributed by atoms with Crippen LogP contribution in [0.15, 0.2) is 200 Å². The molecule has 7 aromatic carbocycles. The number of pyridine rings is 1. The van der Waals surface area contributed by atoms with Crippen LogP contribution in [0.5, 0.6) is 0 Å². The third-order valence-electron chi connectivity index (χ3n) is 12.0. The molecule has 0 aliphatic heterocycles. The van der Waals surface area contributed by atoms with E-state index in [1.807, 2.05) is 121 Å². The third kappa shape index (κ3) is 6.18. The lowest BCUT2D eigenvalue weighted by Gasteiger charge is -2.42. The molecule has 0 fully saturated rings. The van der Waals surface area contributed by atoms with E-state index in [-0.39, 0.29) is 11.8 Å². The number of benzene rings is 7. The van der Waals surface area contributed by atoms with Crippen molar-refractivity contribution in [2.24, 2.45) is 0 Å². The smallest absolute Gasteiger partial charge is 0.164 e. The first-order valence-corrected chi connectivity index (χ1v) is 20.8. The Kier molecular flexibility index (Phi) is 8.49. The zero-order valence-corrected chi connectivity index (χ0v) is 33.3. The Bertz CT molecular complexity index is 3240. The molecule has 0 saturated carbocycles. The largest absolute Gasteiger partial charge is 0.256 e. The van der Waals surface area contributed by atoms with Crippen molar-refractivity contribution in [3.05, 3.63) is 234 Å². The minimum absolute atomic E-state index is 0.0262.